The highest BCUT2D eigenvalue weighted by Gasteiger charge is 2.31. The Bertz CT molecular complexity index is 639. The number of nitrogens with two attached hydrogens (primary N) is 1. The summed E-state index contributed by atoms with van der Waals surface area (Å²) in [5.41, 5.74) is 8.22. The summed E-state index contributed by atoms with van der Waals surface area (Å²) in [7, 11) is 0. The van der Waals surface area contributed by atoms with E-state index in [2.05, 4.69) is 10.3 Å². The van der Waals surface area contributed by atoms with Gasteiger partial charge in [-0.3, -0.25) is 4.79 Å². The molecule has 0 aliphatic carbocycles. The van der Waals surface area contributed by atoms with E-state index in [-0.39, 0.29) is 17.9 Å². The van der Waals surface area contributed by atoms with Gasteiger partial charge in [-0.2, -0.15) is 0 Å². The summed E-state index contributed by atoms with van der Waals surface area (Å²) in [6.07, 6.45) is 0.741. The van der Waals surface area contributed by atoms with Crippen LogP contribution >= 0.6 is 11.3 Å². The van der Waals surface area contributed by atoms with Gasteiger partial charge in [0.05, 0.1) is 17.7 Å². The number of hydrogen-bond acceptors (Lipinski definition) is 5. The molecular formula is C15H17N3O2S. The Kier molecular flexibility index (Phi) is 3.90. The molecule has 1 saturated heterocycles. The Morgan fingerprint density at radius 3 is 2.86 bits per heavy atom. The number of ether oxygens (including phenoxy) is 1. The van der Waals surface area contributed by atoms with Crippen molar-refractivity contribution in [3.63, 3.8) is 0 Å². The topological polar surface area (TPSA) is 77.2 Å². The number of thiazole rings is 1. The zero-order chi connectivity index (χ0) is 14.8. The Balaban J connectivity index is 1.70. The number of hydrogen-bond donors (Lipinski definition) is 2. The molecule has 5 nitrogen and oxygen atoms in total. The Morgan fingerprint density at radius 2 is 2.19 bits per heavy atom. The smallest absolute Gasteiger partial charge is 0.231 e. The number of nitrogens with one attached hydrogen (secondary N) is 1. The number of anilines is 2. The zero-order valence-corrected chi connectivity index (χ0v) is 12.5. The molecule has 2 heterocycles. The summed E-state index contributed by atoms with van der Waals surface area (Å²) >= 11 is 1.42. The molecule has 0 spiro atoms. The van der Waals surface area contributed by atoms with E-state index in [4.69, 9.17) is 10.5 Å². The molecule has 2 aromatic rings. The van der Waals surface area contributed by atoms with Crippen molar-refractivity contribution in [2.45, 2.75) is 19.4 Å². The number of aromatic nitrogens is 1. The van der Waals surface area contributed by atoms with E-state index in [1.807, 2.05) is 36.6 Å². The molecule has 0 saturated carbocycles. The van der Waals surface area contributed by atoms with E-state index in [0.29, 0.717) is 11.7 Å². The fourth-order valence-electron chi connectivity index (χ4n) is 2.39. The predicted octanol–water partition coefficient (Wildman–Crippen LogP) is 2.76. The molecule has 2 atom stereocenters. The van der Waals surface area contributed by atoms with Crippen LogP contribution in [0.4, 0.5) is 10.8 Å². The zero-order valence-electron chi connectivity index (χ0n) is 11.7. The van der Waals surface area contributed by atoms with Crippen molar-refractivity contribution < 1.29 is 9.53 Å². The molecule has 1 aliphatic heterocycles. The number of carbonyl (C=O) groups excluding carboxylic acids is 1. The number of amides is 1. The third-order valence-corrected chi connectivity index (χ3v) is 4.41. The molecule has 3 N–H and O–H groups in total. The molecule has 1 aliphatic rings. The van der Waals surface area contributed by atoms with Crippen LogP contribution in [-0.4, -0.2) is 23.6 Å². The first-order valence-corrected chi connectivity index (χ1v) is 7.75. The Hall–Kier alpha value is -1.92. The van der Waals surface area contributed by atoms with Crippen molar-refractivity contribution in [2.24, 2.45) is 5.92 Å². The molecule has 0 radical (unpaired) electrons. The summed E-state index contributed by atoms with van der Waals surface area (Å²) < 4.78 is 5.42. The van der Waals surface area contributed by atoms with E-state index in [0.717, 1.165) is 23.4 Å². The molecule has 1 aromatic carbocycles. The van der Waals surface area contributed by atoms with Gasteiger partial charge in [0.2, 0.25) is 5.91 Å². The largest absolute Gasteiger partial charge is 0.399 e. The lowest BCUT2D eigenvalue weighted by atomic mass is 10.0. The number of nitrogens with zero attached hydrogens (tertiary/aromatic N) is 1. The molecule has 2 unspecified atom stereocenters. The number of rotatable bonds is 3. The fraction of sp³-hybridized carbons (Fsp3) is 0.333. The van der Waals surface area contributed by atoms with Gasteiger partial charge in [0.15, 0.2) is 5.13 Å². The Labute approximate surface area is 127 Å². The van der Waals surface area contributed by atoms with Gasteiger partial charge >= 0.3 is 0 Å². The van der Waals surface area contributed by atoms with Gasteiger partial charge in [-0.15, -0.1) is 11.3 Å². The molecule has 0 bridgehead atoms. The van der Waals surface area contributed by atoms with Crippen molar-refractivity contribution in [3.8, 4) is 11.3 Å². The van der Waals surface area contributed by atoms with Crippen LogP contribution in [0.15, 0.2) is 29.6 Å². The normalized spacial score (nSPS) is 21.4. The van der Waals surface area contributed by atoms with Gasteiger partial charge in [0.1, 0.15) is 0 Å². The van der Waals surface area contributed by atoms with Crippen LogP contribution in [0.3, 0.4) is 0 Å². The third kappa shape index (κ3) is 3.06. The fourth-order valence-corrected chi connectivity index (χ4v) is 3.11. The average molecular weight is 303 g/mol. The molecule has 1 fully saturated rings. The van der Waals surface area contributed by atoms with Crippen molar-refractivity contribution in [1.82, 2.24) is 4.98 Å². The number of carbonyl (C=O) groups is 1. The minimum atomic E-state index is -0.0890. The highest BCUT2D eigenvalue weighted by molar-refractivity contribution is 7.14. The first kappa shape index (κ1) is 14.0. The SMILES string of the molecule is CC1OCCC1C(=O)Nc1nc(-c2ccc(N)cc2)cs1. The maximum Gasteiger partial charge on any atom is 0.231 e. The van der Waals surface area contributed by atoms with Crippen molar-refractivity contribution >= 4 is 28.1 Å². The molecule has 6 heteroatoms. The van der Waals surface area contributed by atoms with Crippen molar-refractivity contribution in [1.29, 1.82) is 0 Å². The monoisotopic (exact) mass is 303 g/mol. The van der Waals surface area contributed by atoms with Crippen LogP contribution in [0.1, 0.15) is 13.3 Å². The van der Waals surface area contributed by atoms with Gasteiger partial charge in [-0.1, -0.05) is 12.1 Å². The van der Waals surface area contributed by atoms with Gasteiger partial charge < -0.3 is 15.8 Å². The summed E-state index contributed by atoms with van der Waals surface area (Å²) in [5.74, 6) is -0.105. The summed E-state index contributed by atoms with van der Waals surface area (Å²) in [6.45, 7) is 2.58. The predicted molar refractivity (Wildman–Crippen MR) is 84.1 cm³/mol. The molecule has 110 valence electrons. The van der Waals surface area contributed by atoms with E-state index in [1.165, 1.54) is 11.3 Å². The summed E-state index contributed by atoms with van der Waals surface area (Å²) in [5, 5.41) is 5.42. The lowest BCUT2D eigenvalue weighted by Crippen LogP contribution is -2.27. The minimum absolute atomic E-state index is 0.0155. The van der Waals surface area contributed by atoms with Gasteiger partial charge in [0.25, 0.3) is 0 Å². The van der Waals surface area contributed by atoms with E-state index in [9.17, 15) is 4.79 Å². The lowest BCUT2D eigenvalue weighted by Gasteiger charge is -2.12. The van der Waals surface area contributed by atoms with Crippen LogP contribution in [0.5, 0.6) is 0 Å². The van der Waals surface area contributed by atoms with Gasteiger partial charge in [-0.05, 0) is 25.5 Å². The minimum Gasteiger partial charge on any atom is -0.399 e. The first-order chi connectivity index (χ1) is 10.1. The van der Waals surface area contributed by atoms with E-state index in [1.54, 1.807) is 0 Å². The van der Waals surface area contributed by atoms with Gasteiger partial charge in [-0.25, -0.2) is 4.98 Å². The van der Waals surface area contributed by atoms with Crippen LogP contribution in [-0.2, 0) is 9.53 Å². The highest BCUT2D eigenvalue weighted by Crippen LogP contribution is 2.27. The first-order valence-electron chi connectivity index (χ1n) is 6.87. The standard InChI is InChI=1S/C15H17N3O2S/c1-9-12(6-7-20-9)14(19)18-15-17-13(8-21-15)10-2-4-11(16)5-3-10/h2-5,8-9,12H,6-7,16H2,1H3,(H,17,18,19). The highest BCUT2D eigenvalue weighted by atomic mass is 32.1. The molecule has 3 rings (SSSR count). The maximum absolute atomic E-state index is 12.2. The lowest BCUT2D eigenvalue weighted by molar-refractivity contribution is -0.121. The van der Waals surface area contributed by atoms with Crippen molar-refractivity contribution in [2.75, 3.05) is 17.7 Å². The van der Waals surface area contributed by atoms with Crippen LogP contribution in [0, 0.1) is 5.92 Å². The second-order valence-corrected chi connectivity index (χ2v) is 5.98. The van der Waals surface area contributed by atoms with Gasteiger partial charge in [0, 0.05) is 23.2 Å². The molecule has 21 heavy (non-hydrogen) atoms. The molecule has 1 aromatic heterocycles. The Morgan fingerprint density at radius 1 is 1.43 bits per heavy atom. The van der Waals surface area contributed by atoms with Crippen LogP contribution < -0.4 is 11.1 Å². The maximum atomic E-state index is 12.2. The van der Waals surface area contributed by atoms with E-state index >= 15 is 0 Å². The van der Waals surface area contributed by atoms with E-state index < -0.39 is 0 Å². The molecule has 1 amide bonds. The quantitative estimate of drug-likeness (QED) is 0.855. The second kappa shape index (κ2) is 5.83. The summed E-state index contributed by atoms with van der Waals surface area (Å²) in [4.78, 5) is 16.6. The van der Waals surface area contributed by atoms with Crippen LogP contribution in [0.2, 0.25) is 0 Å². The average Bonchev–Trinajstić information content (AvgIpc) is 3.09. The van der Waals surface area contributed by atoms with Crippen LogP contribution in [0.25, 0.3) is 11.3 Å². The second-order valence-electron chi connectivity index (χ2n) is 5.12. The number of benzene rings is 1. The summed E-state index contributed by atoms with van der Waals surface area (Å²) in [6, 6.07) is 7.51. The molecular weight excluding hydrogens is 286 g/mol. The number of nitrogen functional groups attached to an aromatic ring is 1. The third-order valence-electron chi connectivity index (χ3n) is 3.65. The van der Waals surface area contributed by atoms with Crippen molar-refractivity contribution in [3.05, 3.63) is 29.6 Å².